The number of benzene rings is 2. The highest BCUT2D eigenvalue weighted by molar-refractivity contribution is 7.99. The first-order valence-electron chi connectivity index (χ1n) is 16.0. The Morgan fingerprint density at radius 1 is 1.02 bits per heavy atom. The molecule has 4 aliphatic rings. The van der Waals surface area contributed by atoms with Crippen LogP contribution in [0, 0.1) is 5.82 Å². The van der Waals surface area contributed by atoms with Crippen LogP contribution in [0.2, 0.25) is 0 Å². The summed E-state index contributed by atoms with van der Waals surface area (Å²) in [5.74, 6) is -0.00951. The number of anilines is 1. The number of amides is 1. The first-order valence-corrected chi connectivity index (χ1v) is 17.0. The van der Waals surface area contributed by atoms with Gasteiger partial charge >= 0.3 is 11.9 Å². The van der Waals surface area contributed by atoms with Crippen molar-refractivity contribution in [2.24, 2.45) is 0 Å². The predicted octanol–water partition coefficient (Wildman–Crippen LogP) is 5.09. The molecule has 1 amide bonds. The number of hydrogen-bond acceptors (Lipinski definition) is 7. The minimum atomic E-state index is -4.72. The lowest BCUT2D eigenvalue weighted by Gasteiger charge is -2.45. The molecule has 7 rings (SSSR count). The molecule has 3 aliphatic heterocycles. The number of piperazine rings is 2. The molecule has 3 aromatic rings. The van der Waals surface area contributed by atoms with Gasteiger partial charge in [0.25, 0.3) is 0 Å². The molecule has 246 valence electrons. The molecule has 0 radical (unpaired) electrons. The highest BCUT2D eigenvalue weighted by Crippen LogP contribution is 2.50. The van der Waals surface area contributed by atoms with E-state index >= 15 is 0 Å². The quantitative estimate of drug-likeness (QED) is 0.354. The number of rotatable bonds is 5. The van der Waals surface area contributed by atoms with Crippen LogP contribution in [0.4, 0.5) is 23.4 Å². The van der Waals surface area contributed by atoms with E-state index in [1.807, 2.05) is 18.7 Å². The van der Waals surface area contributed by atoms with Gasteiger partial charge in [-0.15, -0.1) is 11.8 Å². The average molecular weight is 659 g/mol. The molecular weight excluding hydrogens is 620 g/mol. The number of nitrogens with zero attached hydrogens (tertiary/aromatic N) is 6. The predicted molar refractivity (Wildman–Crippen MR) is 171 cm³/mol. The Morgan fingerprint density at radius 3 is 2.26 bits per heavy atom. The summed E-state index contributed by atoms with van der Waals surface area (Å²) in [7, 11) is 0. The maximum absolute atomic E-state index is 14.9. The first-order chi connectivity index (χ1) is 21.9. The van der Waals surface area contributed by atoms with Gasteiger partial charge in [0.15, 0.2) is 0 Å². The van der Waals surface area contributed by atoms with Gasteiger partial charge in [0.2, 0.25) is 5.91 Å². The van der Waals surface area contributed by atoms with Gasteiger partial charge in [-0.1, -0.05) is 12.1 Å². The lowest BCUT2D eigenvalue weighted by molar-refractivity contribution is -0.137. The standard InChI is InChI=1S/C33H38F4N6O2S/c1-19-15-41(16-20(2)42(19)21(3)44)31-26-14-27(33(35,36)37)28(22-4-6-23(34)7-5-22)30-29(26)43(32(45)38-31)25(18-46-30)17-39-10-12-40(13-11-39)24-8-9-24/h4-7,14,19-20,24-25H,8-13,15-18H2,1-3H3/t19-,20+,25-/m0/s1. The second kappa shape index (κ2) is 11.8. The van der Waals surface area contributed by atoms with Crippen molar-refractivity contribution in [2.45, 2.75) is 68.9 Å². The summed E-state index contributed by atoms with van der Waals surface area (Å²) >= 11 is 1.33. The Labute approximate surface area is 269 Å². The van der Waals surface area contributed by atoms with Crippen LogP contribution in [0.15, 0.2) is 40.0 Å². The van der Waals surface area contributed by atoms with Crippen molar-refractivity contribution in [3.05, 3.63) is 52.2 Å². The summed E-state index contributed by atoms with van der Waals surface area (Å²) in [4.78, 5) is 39.8. The van der Waals surface area contributed by atoms with E-state index < -0.39 is 23.2 Å². The van der Waals surface area contributed by atoms with Crippen LogP contribution in [0.5, 0.6) is 0 Å². The molecule has 4 heterocycles. The fraction of sp³-hybridized carbons (Fsp3) is 0.545. The van der Waals surface area contributed by atoms with Crippen LogP contribution in [-0.2, 0) is 11.0 Å². The smallest absolute Gasteiger partial charge is 0.352 e. The minimum Gasteiger partial charge on any atom is -0.352 e. The lowest BCUT2D eigenvalue weighted by atomic mass is 9.95. The molecule has 0 bridgehead atoms. The molecule has 1 aliphatic carbocycles. The van der Waals surface area contributed by atoms with Gasteiger partial charge < -0.3 is 9.80 Å². The zero-order valence-corrected chi connectivity index (χ0v) is 27.0. The molecule has 0 N–H and O–H groups in total. The van der Waals surface area contributed by atoms with Gasteiger partial charge in [-0.25, -0.2) is 9.18 Å². The van der Waals surface area contributed by atoms with Gasteiger partial charge in [0.1, 0.15) is 11.6 Å². The molecule has 0 spiro atoms. The number of hydrogen-bond donors (Lipinski definition) is 0. The Morgan fingerprint density at radius 2 is 1.67 bits per heavy atom. The SMILES string of the molecule is CC(=O)N1[C@H](C)CN(c2nc(=O)n3c4c(c(-c5ccc(F)cc5)c(C(F)(F)F)cc24)SC[C@@H]3CN2CCN(C3CC3)CC2)C[C@@H]1C. The maximum Gasteiger partial charge on any atom is 0.417 e. The fourth-order valence-electron chi connectivity index (χ4n) is 7.76. The Kier molecular flexibility index (Phi) is 8.08. The third-order valence-electron chi connectivity index (χ3n) is 9.89. The zero-order valence-electron chi connectivity index (χ0n) is 26.2. The monoisotopic (exact) mass is 658 g/mol. The molecule has 46 heavy (non-hydrogen) atoms. The molecule has 2 aromatic carbocycles. The normalized spacial score (nSPS) is 24.5. The van der Waals surface area contributed by atoms with Crippen molar-refractivity contribution in [2.75, 3.05) is 56.5 Å². The Hall–Kier alpha value is -3.16. The third kappa shape index (κ3) is 5.68. The molecular formula is C33H38F4N6O2S. The van der Waals surface area contributed by atoms with Crippen molar-refractivity contribution < 1.29 is 22.4 Å². The van der Waals surface area contributed by atoms with E-state index in [0.717, 1.165) is 44.4 Å². The second-order valence-electron chi connectivity index (χ2n) is 13.2. The largest absolute Gasteiger partial charge is 0.417 e. The van der Waals surface area contributed by atoms with E-state index in [4.69, 9.17) is 0 Å². The van der Waals surface area contributed by atoms with Crippen molar-refractivity contribution in [3.8, 4) is 11.1 Å². The van der Waals surface area contributed by atoms with Crippen molar-refractivity contribution in [1.82, 2.24) is 24.3 Å². The van der Waals surface area contributed by atoms with Gasteiger partial charge in [0, 0.05) is 92.5 Å². The van der Waals surface area contributed by atoms with E-state index in [0.29, 0.717) is 41.8 Å². The van der Waals surface area contributed by atoms with Crippen LogP contribution in [0.3, 0.4) is 0 Å². The van der Waals surface area contributed by atoms with Crippen LogP contribution < -0.4 is 10.6 Å². The summed E-state index contributed by atoms with van der Waals surface area (Å²) in [6.45, 7) is 10.2. The van der Waals surface area contributed by atoms with Gasteiger partial charge in [-0.3, -0.25) is 19.2 Å². The average Bonchev–Trinajstić information content (AvgIpc) is 3.84. The zero-order chi connectivity index (χ0) is 32.5. The van der Waals surface area contributed by atoms with E-state index in [1.165, 1.54) is 43.7 Å². The number of halogens is 4. The number of aromatic nitrogens is 2. The van der Waals surface area contributed by atoms with E-state index in [2.05, 4.69) is 14.8 Å². The highest BCUT2D eigenvalue weighted by Gasteiger charge is 2.41. The summed E-state index contributed by atoms with van der Waals surface area (Å²) in [5.41, 5.74) is -0.711. The van der Waals surface area contributed by atoms with Crippen LogP contribution in [-0.4, -0.2) is 99.8 Å². The molecule has 13 heteroatoms. The summed E-state index contributed by atoms with van der Waals surface area (Å²) in [5, 5.41) is 0.263. The molecule has 1 aromatic heterocycles. The molecule has 1 saturated carbocycles. The van der Waals surface area contributed by atoms with Gasteiger partial charge in [0.05, 0.1) is 17.1 Å². The van der Waals surface area contributed by atoms with Gasteiger partial charge in [-0.2, -0.15) is 18.2 Å². The van der Waals surface area contributed by atoms with Crippen molar-refractivity contribution in [3.63, 3.8) is 0 Å². The Bertz CT molecular complexity index is 1710. The molecule has 3 atom stereocenters. The fourth-order valence-corrected chi connectivity index (χ4v) is 9.09. The number of carbonyl (C=O) groups excluding carboxylic acids is 1. The van der Waals surface area contributed by atoms with Crippen LogP contribution in [0.25, 0.3) is 22.0 Å². The minimum absolute atomic E-state index is 0.0464. The maximum atomic E-state index is 14.9. The summed E-state index contributed by atoms with van der Waals surface area (Å²) < 4.78 is 60.3. The molecule has 2 saturated heterocycles. The molecule has 8 nitrogen and oxygen atoms in total. The second-order valence-corrected chi connectivity index (χ2v) is 14.2. The first kappa shape index (κ1) is 31.4. The van der Waals surface area contributed by atoms with E-state index in [-0.39, 0.29) is 46.4 Å². The molecule has 0 unspecified atom stereocenters. The van der Waals surface area contributed by atoms with Crippen molar-refractivity contribution in [1.29, 1.82) is 0 Å². The highest BCUT2D eigenvalue weighted by atomic mass is 32.2. The summed E-state index contributed by atoms with van der Waals surface area (Å²) in [6.07, 6.45) is -2.22. The van der Waals surface area contributed by atoms with E-state index in [1.54, 1.807) is 9.47 Å². The lowest BCUT2D eigenvalue weighted by Crippen LogP contribution is -2.58. The Balaban J connectivity index is 1.39. The van der Waals surface area contributed by atoms with Crippen molar-refractivity contribution >= 4 is 34.4 Å². The topological polar surface area (TPSA) is 64.9 Å². The number of alkyl halides is 3. The number of thioether (sulfide) groups is 1. The van der Waals surface area contributed by atoms with Crippen LogP contribution >= 0.6 is 11.8 Å². The molecule has 3 fully saturated rings. The summed E-state index contributed by atoms with van der Waals surface area (Å²) in [6, 6.07) is 6.11. The van der Waals surface area contributed by atoms with Crippen LogP contribution in [0.1, 0.15) is 45.2 Å². The third-order valence-corrected chi connectivity index (χ3v) is 11.1. The number of carbonyl (C=O) groups is 1. The van der Waals surface area contributed by atoms with Gasteiger partial charge in [-0.05, 0) is 50.5 Å². The van der Waals surface area contributed by atoms with E-state index in [9.17, 15) is 27.2 Å².